The molecule has 132 valence electrons. The van der Waals surface area contributed by atoms with Gasteiger partial charge < -0.3 is 9.80 Å². The molecule has 1 heterocycles. The molecule has 5 nitrogen and oxygen atoms in total. The first-order chi connectivity index (χ1) is 12.0. The maximum Gasteiger partial charge on any atom is 0.269 e. The first kappa shape index (κ1) is 17.9. The van der Waals surface area contributed by atoms with Gasteiger partial charge in [-0.25, -0.2) is 0 Å². The average molecular weight is 362 g/mol. The molecule has 0 saturated carbocycles. The van der Waals surface area contributed by atoms with Gasteiger partial charge in [-0.1, -0.05) is 35.9 Å². The number of nitro groups is 1. The SMILES string of the molecule is C[C@H](c1cccc([N+](=O)[O-])c1)[NH+]1CC[NH+](Cc2cccc(Cl)c2)CC1. The third-order valence-electron chi connectivity index (χ3n) is 5.14. The maximum absolute atomic E-state index is 11.0. The Bertz CT molecular complexity index is 745. The van der Waals surface area contributed by atoms with Crippen molar-refractivity contribution in [1.82, 2.24) is 0 Å². The van der Waals surface area contributed by atoms with Gasteiger partial charge in [0.25, 0.3) is 5.69 Å². The van der Waals surface area contributed by atoms with E-state index in [1.807, 2.05) is 24.3 Å². The Labute approximate surface area is 153 Å². The topological polar surface area (TPSA) is 52.0 Å². The summed E-state index contributed by atoms with van der Waals surface area (Å²) in [5.41, 5.74) is 2.49. The summed E-state index contributed by atoms with van der Waals surface area (Å²) in [6.07, 6.45) is 0. The van der Waals surface area contributed by atoms with E-state index in [9.17, 15) is 10.1 Å². The molecule has 0 amide bonds. The van der Waals surface area contributed by atoms with Crippen LogP contribution in [-0.2, 0) is 6.54 Å². The first-order valence-electron chi connectivity index (χ1n) is 8.70. The lowest BCUT2D eigenvalue weighted by molar-refractivity contribution is -1.03. The van der Waals surface area contributed by atoms with Crippen molar-refractivity contribution in [3.8, 4) is 0 Å². The molecule has 1 aliphatic rings. The van der Waals surface area contributed by atoms with Crippen LogP contribution in [0, 0.1) is 10.1 Å². The van der Waals surface area contributed by atoms with Gasteiger partial charge in [-0.05, 0) is 19.1 Å². The van der Waals surface area contributed by atoms with E-state index in [1.54, 1.807) is 23.1 Å². The van der Waals surface area contributed by atoms with Gasteiger partial charge in [0, 0.05) is 28.3 Å². The van der Waals surface area contributed by atoms with E-state index in [1.165, 1.54) is 10.5 Å². The molecule has 0 spiro atoms. The highest BCUT2D eigenvalue weighted by atomic mass is 35.5. The van der Waals surface area contributed by atoms with Crippen LogP contribution in [0.25, 0.3) is 0 Å². The van der Waals surface area contributed by atoms with Crippen LogP contribution in [0.15, 0.2) is 48.5 Å². The summed E-state index contributed by atoms with van der Waals surface area (Å²) in [6, 6.07) is 15.4. The summed E-state index contributed by atoms with van der Waals surface area (Å²) in [5, 5.41) is 11.8. The minimum Gasteiger partial charge on any atom is -0.322 e. The Morgan fingerprint density at radius 1 is 1.12 bits per heavy atom. The van der Waals surface area contributed by atoms with E-state index >= 15 is 0 Å². The van der Waals surface area contributed by atoms with Gasteiger partial charge in [0.1, 0.15) is 38.8 Å². The quantitative estimate of drug-likeness (QED) is 0.623. The van der Waals surface area contributed by atoms with Crippen LogP contribution < -0.4 is 9.80 Å². The van der Waals surface area contributed by atoms with E-state index in [0.717, 1.165) is 43.3 Å². The first-order valence-corrected chi connectivity index (χ1v) is 9.07. The molecule has 1 fully saturated rings. The molecule has 3 rings (SSSR count). The number of non-ortho nitro benzene ring substituents is 1. The van der Waals surface area contributed by atoms with Gasteiger partial charge in [-0.15, -0.1) is 0 Å². The Morgan fingerprint density at radius 2 is 1.84 bits per heavy atom. The number of nitrogens with zero attached hydrogens (tertiary/aromatic N) is 1. The minimum absolute atomic E-state index is 0.175. The smallest absolute Gasteiger partial charge is 0.269 e. The van der Waals surface area contributed by atoms with Crippen LogP contribution in [0.2, 0.25) is 5.02 Å². The summed E-state index contributed by atoms with van der Waals surface area (Å²) in [5.74, 6) is 0. The predicted octanol–water partition coefficient (Wildman–Crippen LogP) is 1.29. The Kier molecular flexibility index (Phi) is 5.68. The molecule has 25 heavy (non-hydrogen) atoms. The second-order valence-electron chi connectivity index (χ2n) is 6.79. The molecule has 1 atom stereocenters. The number of benzene rings is 2. The molecular formula is C19H24ClN3O2+2. The molecule has 2 aromatic rings. The van der Waals surface area contributed by atoms with Crippen LogP contribution in [0.4, 0.5) is 5.69 Å². The Morgan fingerprint density at radius 3 is 2.52 bits per heavy atom. The fourth-order valence-electron chi connectivity index (χ4n) is 3.61. The number of piperazine rings is 1. The normalized spacial score (nSPS) is 21.7. The summed E-state index contributed by atoms with van der Waals surface area (Å²) < 4.78 is 0. The molecule has 0 unspecified atom stereocenters. The highest BCUT2D eigenvalue weighted by Gasteiger charge is 2.28. The highest BCUT2D eigenvalue weighted by molar-refractivity contribution is 6.30. The number of quaternary nitrogens is 2. The number of hydrogen-bond acceptors (Lipinski definition) is 2. The van der Waals surface area contributed by atoms with Gasteiger partial charge in [0.05, 0.1) is 4.92 Å². The van der Waals surface area contributed by atoms with Crippen molar-refractivity contribution >= 4 is 17.3 Å². The van der Waals surface area contributed by atoms with Crippen LogP contribution in [0.5, 0.6) is 0 Å². The Hall–Kier alpha value is -1.95. The van der Waals surface area contributed by atoms with Gasteiger partial charge in [-0.2, -0.15) is 0 Å². The number of nitrogens with one attached hydrogen (secondary N) is 2. The molecule has 0 bridgehead atoms. The van der Waals surface area contributed by atoms with Crippen LogP contribution in [0.1, 0.15) is 24.1 Å². The lowest BCUT2D eigenvalue weighted by atomic mass is 10.1. The number of halogens is 1. The van der Waals surface area contributed by atoms with E-state index < -0.39 is 0 Å². The lowest BCUT2D eigenvalue weighted by Gasteiger charge is -2.33. The van der Waals surface area contributed by atoms with Crippen molar-refractivity contribution in [2.24, 2.45) is 0 Å². The van der Waals surface area contributed by atoms with Crippen molar-refractivity contribution in [2.45, 2.75) is 19.5 Å². The molecule has 0 aliphatic carbocycles. The van der Waals surface area contributed by atoms with Crippen molar-refractivity contribution in [2.75, 3.05) is 26.2 Å². The van der Waals surface area contributed by atoms with Gasteiger partial charge in [0.15, 0.2) is 0 Å². The number of hydrogen-bond donors (Lipinski definition) is 2. The van der Waals surface area contributed by atoms with Gasteiger partial charge in [0.2, 0.25) is 0 Å². The third kappa shape index (κ3) is 4.57. The third-order valence-corrected chi connectivity index (χ3v) is 5.37. The van der Waals surface area contributed by atoms with Crippen molar-refractivity contribution in [1.29, 1.82) is 0 Å². The predicted molar refractivity (Wildman–Crippen MR) is 98.1 cm³/mol. The molecule has 1 saturated heterocycles. The summed E-state index contributed by atoms with van der Waals surface area (Å²) >= 11 is 6.07. The number of nitro benzene ring substituents is 1. The van der Waals surface area contributed by atoms with Crippen LogP contribution in [-0.4, -0.2) is 31.1 Å². The monoisotopic (exact) mass is 361 g/mol. The Balaban J connectivity index is 1.58. The molecule has 0 radical (unpaired) electrons. The minimum atomic E-state index is -0.321. The average Bonchev–Trinajstić information content (AvgIpc) is 2.62. The van der Waals surface area contributed by atoms with Crippen LogP contribution >= 0.6 is 11.6 Å². The lowest BCUT2D eigenvalue weighted by Crippen LogP contribution is -3.27. The molecule has 2 aromatic carbocycles. The fourth-order valence-corrected chi connectivity index (χ4v) is 3.83. The highest BCUT2D eigenvalue weighted by Crippen LogP contribution is 2.17. The summed E-state index contributed by atoms with van der Waals surface area (Å²) in [4.78, 5) is 13.7. The molecule has 0 aromatic heterocycles. The molecule has 6 heteroatoms. The van der Waals surface area contributed by atoms with E-state index in [4.69, 9.17) is 11.6 Å². The number of rotatable bonds is 5. The standard InChI is InChI=1S/C19H22ClN3O2/c1-15(17-5-3-7-19(13-17)23(24)25)22-10-8-21(9-11-22)14-16-4-2-6-18(20)12-16/h2-7,12-13,15H,8-11,14H2,1H3/p+2/t15-/m1/s1. The zero-order chi connectivity index (χ0) is 17.8. The molecular weight excluding hydrogens is 338 g/mol. The van der Waals surface area contributed by atoms with Gasteiger partial charge in [-0.3, -0.25) is 10.1 Å². The van der Waals surface area contributed by atoms with Crippen LogP contribution in [0.3, 0.4) is 0 Å². The van der Waals surface area contributed by atoms with Crippen molar-refractivity contribution in [3.05, 3.63) is 74.8 Å². The second-order valence-corrected chi connectivity index (χ2v) is 7.23. The zero-order valence-electron chi connectivity index (χ0n) is 14.4. The second kappa shape index (κ2) is 7.95. The molecule has 1 aliphatic heterocycles. The zero-order valence-corrected chi connectivity index (χ0v) is 15.1. The fraction of sp³-hybridized carbons (Fsp3) is 0.368. The largest absolute Gasteiger partial charge is 0.322 e. The van der Waals surface area contributed by atoms with Crippen molar-refractivity contribution < 1.29 is 14.7 Å². The molecule has 2 N–H and O–H groups in total. The van der Waals surface area contributed by atoms with E-state index in [-0.39, 0.29) is 16.7 Å². The van der Waals surface area contributed by atoms with E-state index in [2.05, 4.69) is 13.0 Å². The van der Waals surface area contributed by atoms with E-state index in [0.29, 0.717) is 0 Å². The van der Waals surface area contributed by atoms with Crippen molar-refractivity contribution in [3.63, 3.8) is 0 Å². The summed E-state index contributed by atoms with van der Waals surface area (Å²) in [7, 11) is 0. The van der Waals surface area contributed by atoms with Gasteiger partial charge >= 0.3 is 0 Å². The maximum atomic E-state index is 11.0. The summed E-state index contributed by atoms with van der Waals surface area (Å²) in [6.45, 7) is 7.50.